The molecule has 3 heteroatoms. The Morgan fingerprint density at radius 1 is 1.50 bits per heavy atom. The Labute approximate surface area is 73.1 Å². The summed E-state index contributed by atoms with van der Waals surface area (Å²) in [6.45, 7) is 4.10. The van der Waals surface area contributed by atoms with Crippen molar-refractivity contribution in [3.63, 3.8) is 0 Å². The van der Waals surface area contributed by atoms with Crippen LogP contribution >= 0.6 is 0 Å². The van der Waals surface area contributed by atoms with Crippen LogP contribution in [0.2, 0.25) is 0 Å². The van der Waals surface area contributed by atoms with Gasteiger partial charge in [0.15, 0.2) is 0 Å². The zero-order valence-corrected chi connectivity index (χ0v) is 7.71. The summed E-state index contributed by atoms with van der Waals surface area (Å²) in [5, 5.41) is 3.17. The summed E-state index contributed by atoms with van der Waals surface area (Å²) >= 11 is 0. The van der Waals surface area contributed by atoms with Crippen LogP contribution in [0, 0.1) is 11.8 Å². The third kappa shape index (κ3) is 1.22. The Morgan fingerprint density at radius 3 is 2.42 bits per heavy atom. The van der Waals surface area contributed by atoms with Gasteiger partial charge in [0.05, 0.1) is 6.04 Å². The van der Waals surface area contributed by atoms with Crippen molar-refractivity contribution < 1.29 is 4.79 Å². The van der Waals surface area contributed by atoms with Crippen LogP contribution in [0.5, 0.6) is 0 Å². The molecule has 0 spiro atoms. The summed E-state index contributed by atoms with van der Waals surface area (Å²) in [4.78, 5) is 13.6. The Hall–Kier alpha value is -0.570. The van der Waals surface area contributed by atoms with Crippen LogP contribution in [-0.4, -0.2) is 37.0 Å². The van der Waals surface area contributed by atoms with E-state index in [4.69, 9.17) is 0 Å². The van der Waals surface area contributed by atoms with Crippen molar-refractivity contribution in [3.05, 3.63) is 0 Å². The molecule has 1 saturated heterocycles. The molecule has 0 bridgehead atoms. The normalized spacial score (nSPS) is 34.2. The van der Waals surface area contributed by atoms with E-state index < -0.39 is 0 Å². The van der Waals surface area contributed by atoms with Gasteiger partial charge in [-0.1, -0.05) is 6.92 Å². The van der Waals surface area contributed by atoms with Gasteiger partial charge in [-0.25, -0.2) is 0 Å². The quantitative estimate of drug-likeness (QED) is 0.633. The Bertz CT molecular complexity index is 201. The third-order valence-electron chi connectivity index (χ3n) is 3.08. The van der Waals surface area contributed by atoms with E-state index in [-0.39, 0.29) is 0 Å². The van der Waals surface area contributed by atoms with E-state index in [0.29, 0.717) is 23.8 Å². The van der Waals surface area contributed by atoms with Crippen LogP contribution in [-0.2, 0) is 4.79 Å². The van der Waals surface area contributed by atoms with Crippen molar-refractivity contribution in [1.82, 2.24) is 10.2 Å². The monoisotopic (exact) mass is 168 g/mol. The Balaban J connectivity index is 1.86. The predicted molar refractivity (Wildman–Crippen MR) is 46.7 cm³/mol. The van der Waals surface area contributed by atoms with Crippen molar-refractivity contribution in [2.24, 2.45) is 11.8 Å². The highest BCUT2D eigenvalue weighted by molar-refractivity contribution is 5.81. The van der Waals surface area contributed by atoms with Gasteiger partial charge in [-0.3, -0.25) is 4.79 Å². The van der Waals surface area contributed by atoms with Gasteiger partial charge in [0, 0.05) is 26.1 Å². The number of hydrogen-bond donors (Lipinski definition) is 1. The minimum atomic E-state index is 0.343. The molecule has 1 aliphatic heterocycles. The molecule has 12 heavy (non-hydrogen) atoms. The maximum Gasteiger partial charge on any atom is 0.226 e. The molecule has 1 saturated carbocycles. The molecule has 2 unspecified atom stereocenters. The first-order valence-corrected chi connectivity index (χ1v) is 4.67. The van der Waals surface area contributed by atoms with Gasteiger partial charge in [0.1, 0.15) is 0 Å². The van der Waals surface area contributed by atoms with Gasteiger partial charge in [0.2, 0.25) is 5.91 Å². The van der Waals surface area contributed by atoms with Crippen molar-refractivity contribution >= 4 is 5.91 Å². The lowest BCUT2D eigenvalue weighted by molar-refractivity contribution is -0.134. The Morgan fingerprint density at radius 2 is 2.08 bits per heavy atom. The second-order valence-electron chi connectivity index (χ2n) is 4.08. The number of hydrogen-bond acceptors (Lipinski definition) is 2. The summed E-state index contributed by atoms with van der Waals surface area (Å²) in [5.74, 6) is 1.33. The number of amides is 1. The highest BCUT2D eigenvalue weighted by atomic mass is 16.2. The topological polar surface area (TPSA) is 32.3 Å². The van der Waals surface area contributed by atoms with Crippen LogP contribution in [0.3, 0.4) is 0 Å². The van der Waals surface area contributed by atoms with Crippen molar-refractivity contribution in [2.45, 2.75) is 19.4 Å². The zero-order valence-electron chi connectivity index (χ0n) is 7.71. The highest BCUT2D eigenvalue weighted by Gasteiger charge is 2.42. The van der Waals surface area contributed by atoms with Gasteiger partial charge in [-0.2, -0.15) is 0 Å². The smallest absolute Gasteiger partial charge is 0.226 e. The molecule has 1 aliphatic carbocycles. The van der Waals surface area contributed by atoms with Crippen LogP contribution in [0.4, 0.5) is 0 Å². The summed E-state index contributed by atoms with van der Waals surface area (Å²) in [6.07, 6.45) is 1.10. The summed E-state index contributed by atoms with van der Waals surface area (Å²) < 4.78 is 0. The lowest BCUT2D eigenvalue weighted by Gasteiger charge is -2.35. The predicted octanol–water partition coefficient (Wildman–Crippen LogP) is 0.0726. The van der Waals surface area contributed by atoms with Gasteiger partial charge in [0.25, 0.3) is 0 Å². The van der Waals surface area contributed by atoms with Crippen LogP contribution < -0.4 is 5.32 Å². The van der Waals surface area contributed by atoms with E-state index >= 15 is 0 Å². The lowest BCUT2D eigenvalue weighted by atomic mass is 10.1. The maximum atomic E-state index is 11.6. The SMILES string of the molecule is CC1CC1C(=O)N(C)C1CNC1. The molecule has 68 valence electrons. The van der Waals surface area contributed by atoms with E-state index in [2.05, 4.69) is 12.2 Å². The standard InChI is InChI=1S/C9H16N2O/c1-6-3-8(6)9(12)11(2)7-4-10-5-7/h6-8,10H,3-5H2,1-2H3. The zero-order chi connectivity index (χ0) is 8.72. The third-order valence-corrected chi connectivity index (χ3v) is 3.08. The van der Waals surface area contributed by atoms with Gasteiger partial charge in [-0.15, -0.1) is 0 Å². The number of carbonyl (C=O) groups excluding carboxylic acids is 1. The number of nitrogens with one attached hydrogen (secondary N) is 1. The molecule has 1 heterocycles. The molecular weight excluding hydrogens is 152 g/mol. The average Bonchev–Trinajstić information content (AvgIpc) is 2.61. The minimum absolute atomic E-state index is 0.343. The first-order chi connectivity index (χ1) is 5.70. The molecule has 1 amide bonds. The average molecular weight is 168 g/mol. The molecule has 0 radical (unpaired) electrons. The molecule has 2 fully saturated rings. The fraction of sp³-hybridized carbons (Fsp3) is 0.889. The second-order valence-corrected chi connectivity index (χ2v) is 4.08. The van der Waals surface area contributed by atoms with E-state index in [9.17, 15) is 4.79 Å². The maximum absolute atomic E-state index is 11.6. The van der Waals surface area contributed by atoms with Crippen molar-refractivity contribution in [2.75, 3.05) is 20.1 Å². The van der Waals surface area contributed by atoms with Crippen LogP contribution in [0.15, 0.2) is 0 Å². The minimum Gasteiger partial charge on any atom is -0.340 e. The molecule has 0 aromatic carbocycles. The molecule has 3 nitrogen and oxygen atoms in total. The molecule has 0 aromatic heterocycles. The molecule has 2 aliphatic rings. The number of nitrogens with zero attached hydrogens (tertiary/aromatic N) is 1. The first-order valence-electron chi connectivity index (χ1n) is 4.67. The van der Waals surface area contributed by atoms with Gasteiger partial charge in [-0.05, 0) is 12.3 Å². The van der Waals surface area contributed by atoms with E-state index in [1.54, 1.807) is 0 Å². The fourth-order valence-corrected chi connectivity index (χ4v) is 1.65. The number of rotatable bonds is 2. The molecular formula is C9H16N2O. The molecule has 1 N–H and O–H groups in total. The largest absolute Gasteiger partial charge is 0.340 e. The van der Waals surface area contributed by atoms with Gasteiger partial charge >= 0.3 is 0 Å². The molecule has 2 rings (SSSR count). The van der Waals surface area contributed by atoms with E-state index in [0.717, 1.165) is 19.5 Å². The molecule has 2 atom stereocenters. The number of likely N-dealkylation sites (N-methyl/N-ethyl adjacent to an activating group) is 1. The highest BCUT2D eigenvalue weighted by Crippen LogP contribution is 2.39. The lowest BCUT2D eigenvalue weighted by Crippen LogP contribution is -2.57. The Kier molecular flexibility index (Phi) is 1.83. The van der Waals surface area contributed by atoms with E-state index in [1.165, 1.54) is 0 Å². The summed E-state index contributed by atoms with van der Waals surface area (Å²) in [7, 11) is 1.93. The second kappa shape index (κ2) is 2.73. The van der Waals surface area contributed by atoms with Crippen LogP contribution in [0.25, 0.3) is 0 Å². The fourth-order valence-electron chi connectivity index (χ4n) is 1.65. The number of carbonyl (C=O) groups is 1. The van der Waals surface area contributed by atoms with Gasteiger partial charge < -0.3 is 10.2 Å². The summed E-state index contributed by atoms with van der Waals surface area (Å²) in [5.41, 5.74) is 0. The van der Waals surface area contributed by atoms with Crippen molar-refractivity contribution in [1.29, 1.82) is 0 Å². The summed E-state index contributed by atoms with van der Waals surface area (Å²) in [6, 6.07) is 0.463. The first kappa shape index (κ1) is 8.05. The molecule has 0 aromatic rings. The van der Waals surface area contributed by atoms with Crippen LogP contribution in [0.1, 0.15) is 13.3 Å². The van der Waals surface area contributed by atoms with E-state index in [1.807, 2.05) is 11.9 Å². The van der Waals surface area contributed by atoms with Crippen molar-refractivity contribution in [3.8, 4) is 0 Å².